The molecular weight excluding hydrogens is 506 g/mol. The van der Waals surface area contributed by atoms with Gasteiger partial charge in [-0.2, -0.15) is 0 Å². The first-order chi connectivity index (χ1) is 19.4. The number of fused-ring (bicyclic) bond motifs is 3. The average Bonchev–Trinajstić information content (AvgIpc) is 3.53. The van der Waals surface area contributed by atoms with Crippen LogP contribution in [0.1, 0.15) is 68.7 Å². The summed E-state index contributed by atoms with van der Waals surface area (Å²) in [6.45, 7) is 4.03. The zero-order chi connectivity index (χ0) is 28.5. The zero-order valence-electron chi connectivity index (χ0n) is 23.6. The molecule has 2 atom stereocenters. The van der Waals surface area contributed by atoms with Crippen molar-refractivity contribution in [3.63, 3.8) is 0 Å². The van der Waals surface area contributed by atoms with Gasteiger partial charge >= 0.3 is 6.09 Å². The number of hydrogen-bond acceptors (Lipinski definition) is 7. The first-order valence-electron chi connectivity index (χ1n) is 14.1. The van der Waals surface area contributed by atoms with Gasteiger partial charge in [0.05, 0.1) is 17.8 Å². The maximum atomic E-state index is 12.7. The van der Waals surface area contributed by atoms with Gasteiger partial charge < -0.3 is 15.4 Å². The molecule has 0 radical (unpaired) electrons. The van der Waals surface area contributed by atoms with E-state index in [1.54, 1.807) is 14.0 Å². The Kier molecular flexibility index (Phi) is 10.2. The zero-order valence-corrected chi connectivity index (χ0v) is 23.6. The van der Waals surface area contributed by atoms with Crippen LogP contribution in [0, 0.1) is 0 Å². The highest BCUT2D eigenvalue weighted by molar-refractivity contribution is 5.85. The van der Waals surface area contributed by atoms with Gasteiger partial charge in [-0.15, -0.1) is 5.10 Å². The van der Waals surface area contributed by atoms with Gasteiger partial charge in [-0.1, -0.05) is 53.7 Å². The van der Waals surface area contributed by atoms with Gasteiger partial charge in [0.1, 0.15) is 12.4 Å². The van der Waals surface area contributed by atoms with E-state index in [4.69, 9.17) is 4.74 Å². The number of carbonyl (C=O) groups excluding carboxylic acids is 3. The second-order valence-electron chi connectivity index (χ2n) is 10.4. The van der Waals surface area contributed by atoms with Crippen molar-refractivity contribution in [2.24, 2.45) is 0 Å². The molecule has 1 aliphatic rings. The SMILES string of the molecule is CNC(CCCCn1cc(CCCC(NC(=O)OCC2c3ccccc3-c3ccccc32)C(C)=O)nn1)C(C)=O. The number of carbonyl (C=O) groups is 3. The molecule has 2 aromatic carbocycles. The molecule has 1 heterocycles. The van der Waals surface area contributed by atoms with Gasteiger partial charge in [-0.3, -0.25) is 14.3 Å². The molecule has 1 aromatic heterocycles. The number of hydrogen-bond donors (Lipinski definition) is 2. The van der Waals surface area contributed by atoms with Crippen LogP contribution in [0.3, 0.4) is 0 Å². The highest BCUT2D eigenvalue weighted by Crippen LogP contribution is 2.44. The summed E-state index contributed by atoms with van der Waals surface area (Å²) in [5, 5.41) is 14.2. The van der Waals surface area contributed by atoms with E-state index in [0.29, 0.717) is 19.3 Å². The highest BCUT2D eigenvalue weighted by atomic mass is 16.5. The summed E-state index contributed by atoms with van der Waals surface area (Å²) >= 11 is 0. The maximum absolute atomic E-state index is 12.7. The molecule has 2 N–H and O–H groups in total. The van der Waals surface area contributed by atoms with Crippen LogP contribution in [-0.2, 0) is 27.3 Å². The fraction of sp³-hybridized carbons (Fsp3) is 0.452. The van der Waals surface area contributed by atoms with Crippen LogP contribution < -0.4 is 10.6 Å². The highest BCUT2D eigenvalue weighted by Gasteiger charge is 2.29. The molecule has 40 heavy (non-hydrogen) atoms. The van der Waals surface area contributed by atoms with Crippen LogP contribution in [0.25, 0.3) is 11.1 Å². The van der Waals surface area contributed by atoms with Gasteiger partial charge in [0.2, 0.25) is 0 Å². The Morgan fingerprint density at radius 3 is 2.15 bits per heavy atom. The Hall–Kier alpha value is -3.85. The first kappa shape index (κ1) is 29.1. The van der Waals surface area contributed by atoms with Gasteiger partial charge in [-0.25, -0.2) is 4.79 Å². The van der Waals surface area contributed by atoms with E-state index >= 15 is 0 Å². The third-order valence-electron chi connectivity index (χ3n) is 7.61. The number of ether oxygens (including phenoxy) is 1. The summed E-state index contributed by atoms with van der Waals surface area (Å²) in [7, 11) is 1.81. The molecule has 0 aliphatic heterocycles. The minimum absolute atomic E-state index is 0.0320. The minimum Gasteiger partial charge on any atom is -0.449 e. The molecule has 0 spiro atoms. The van der Waals surface area contributed by atoms with Crippen molar-refractivity contribution in [2.75, 3.05) is 13.7 Å². The fourth-order valence-electron chi connectivity index (χ4n) is 5.38. The summed E-state index contributed by atoms with van der Waals surface area (Å²) in [5.74, 6) is 0.0144. The second kappa shape index (κ2) is 14.0. The molecule has 2 unspecified atom stereocenters. The van der Waals surface area contributed by atoms with Crippen LogP contribution in [-0.4, -0.2) is 58.4 Å². The van der Waals surface area contributed by atoms with Gasteiger partial charge in [0, 0.05) is 18.7 Å². The molecule has 3 aromatic rings. The molecule has 9 heteroatoms. The number of alkyl carbamates (subject to hydrolysis) is 1. The number of aromatic nitrogens is 3. The van der Waals surface area contributed by atoms with E-state index in [9.17, 15) is 14.4 Å². The van der Waals surface area contributed by atoms with Crippen molar-refractivity contribution in [3.05, 3.63) is 71.5 Å². The molecule has 0 fully saturated rings. The third kappa shape index (κ3) is 7.41. The lowest BCUT2D eigenvalue weighted by Crippen LogP contribution is -2.40. The quantitative estimate of drug-likeness (QED) is 0.271. The molecule has 0 saturated carbocycles. The molecule has 0 saturated heterocycles. The van der Waals surface area contributed by atoms with Crippen LogP contribution in [0.2, 0.25) is 0 Å². The summed E-state index contributed by atoms with van der Waals surface area (Å²) in [4.78, 5) is 36.4. The van der Waals surface area contributed by atoms with Crippen LogP contribution >= 0.6 is 0 Å². The Bertz CT molecular complexity index is 1270. The molecule has 212 valence electrons. The lowest BCUT2D eigenvalue weighted by Gasteiger charge is -2.18. The topological polar surface area (TPSA) is 115 Å². The average molecular weight is 546 g/mol. The summed E-state index contributed by atoms with van der Waals surface area (Å²) < 4.78 is 7.43. The van der Waals surface area contributed by atoms with E-state index in [1.807, 2.05) is 35.1 Å². The van der Waals surface area contributed by atoms with E-state index in [1.165, 1.54) is 18.1 Å². The summed E-state index contributed by atoms with van der Waals surface area (Å²) in [6.07, 6.45) is 5.78. The Balaban J connectivity index is 1.21. The lowest BCUT2D eigenvalue weighted by atomic mass is 9.98. The Morgan fingerprint density at radius 1 is 0.900 bits per heavy atom. The molecular formula is C31H39N5O4. The number of nitrogens with zero attached hydrogens (tertiary/aromatic N) is 3. The van der Waals surface area contributed by atoms with Crippen LogP contribution in [0.4, 0.5) is 4.79 Å². The van der Waals surface area contributed by atoms with Crippen molar-refractivity contribution in [3.8, 4) is 11.1 Å². The second-order valence-corrected chi connectivity index (χ2v) is 10.4. The molecule has 9 nitrogen and oxygen atoms in total. The molecule has 1 aliphatic carbocycles. The number of rotatable bonds is 15. The largest absolute Gasteiger partial charge is 0.449 e. The van der Waals surface area contributed by atoms with Gasteiger partial charge in [0.25, 0.3) is 0 Å². The van der Waals surface area contributed by atoms with Gasteiger partial charge in [-0.05, 0) is 81.7 Å². The number of ketones is 2. The smallest absolute Gasteiger partial charge is 0.407 e. The Morgan fingerprint density at radius 2 is 1.52 bits per heavy atom. The summed E-state index contributed by atoms with van der Waals surface area (Å²) in [6, 6.07) is 15.6. The fourth-order valence-corrected chi connectivity index (χ4v) is 5.38. The monoisotopic (exact) mass is 545 g/mol. The van der Waals surface area contributed by atoms with Crippen molar-refractivity contribution in [1.29, 1.82) is 0 Å². The number of amides is 1. The normalized spacial score (nSPS) is 13.8. The molecule has 4 rings (SSSR count). The van der Waals surface area contributed by atoms with E-state index in [0.717, 1.165) is 42.6 Å². The van der Waals surface area contributed by atoms with Crippen molar-refractivity contribution in [2.45, 2.75) is 76.9 Å². The predicted octanol–water partition coefficient (Wildman–Crippen LogP) is 4.44. The predicted molar refractivity (Wildman–Crippen MR) is 153 cm³/mol. The first-order valence-corrected chi connectivity index (χ1v) is 14.1. The maximum Gasteiger partial charge on any atom is 0.407 e. The number of Topliss-reactive ketones (excluding diaryl/α,β-unsaturated/α-hetero) is 2. The number of aryl methyl sites for hydroxylation is 2. The molecule has 0 bridgehead atoms. The number of unbranched alkanes of at least 4 members (excludes halogenated alkanes) is 1. The number of nitrogens with one attached hydrogen (secondary N) is 2. The standard InChI is InChI=1S/C31H39N5O4/c1-21(37)29(32-3)16-8-9-18-36-19-23(34-35-36)11-10-17-30(22(2)38)33-31(39)40-20-28-26-14-6-4-12-24(26)25-13-5-7-15-27(25)28/h4-7,12-15,19,28-30,32H,8-11,16-18,20H2,1-3H3,(H,33,39). The van der Waals surface area contributed by atoms with Crippen molar-refractivity contribution in [1.82, 2.24) is 25.6 Å². The Labute approximate surface area is 235 Å². The van der Waals surface area contributed by atoms with E-state index < -0.39 is 12.1 Å². The van der Waals surface area contributed by atoms with Crippen LogP contribution in [0.5, 0.6) is 0 Å². The number of benzene rings is 2. The van der Waals surface area contributed by atoms with E-state index in [2.05, 4.69) is 45.2 Å². The third-order valence-corrected chi connectivity index (χ3v) is 7.61. The summed E-state index contributed by atoms with van der Waals surface area (Å²) in [5.41, 5.74) is 5.47. The van der Waals surface area contributed by atoms with Crippen molar-refractivity contribution >= 4 is 17.7 Å². The van der Waals surface area contributed by atoms with E-state index in [-0.39, 0.29) is 30.1 Å². The van der Waals surface area contributed by atoms with Crippen LogP contribution in [0.15, 0.2) is 54.7 Å². The lowest BCUT2D eigenvalue weighted by molar-refractivity contribution is -0.119. The number of likely N-dealkylation sites (N-methyl/N-ethyl adjacent to an activating group) is 1. The van der Waals surface area contributed by atoms with Crippen molar-refractivity contribution < 1.29 is 19.1 Å². The molecule has 1 amide bonds. The van der Waals surface area contributed by atoms with Gasteiger partial charge in [0.15, 0.2) is 5.78 Å². The minimum atomic E-state index is -0.618.